The van der Waals surface area contributed by atoms with Crippen LogP contribution in [-0.4, -0.2) is 12.1 Å². The van der Waals surface area contributed by atoms with Crippen molar-refractivity contribution in [1.82, 2.24) is 0 Å². The molecule has 1 radical (unpaired) electrons. The van der Waals surface area contributed by atoms with Crippen molar-refractivity contribution in [2.24, 2.45) is 23.7 Å². The van der Waals surface area contributed by atoms with Crippen LogP contribution < -0.4 is 0 Å². The van der Waals surface area contributed by atoms with Crippen molar-refractivity contribution in [2.45, 2.75) is 45.6 Å². The highest BCUT2D eigenvalue weighted by molar-refractivity contribution is 5.88. The minimum atomic E-state index is -0.314. The number of hydrogen-bond acceptors (Lipinski definition) is 2. The number of rotatable bonds is 4. The Bertz CT molecular complexity index is 321. The third kappa shape index (κ3) is 2.14. The predicted molar refractivity (Wildman–Crippen MR) is 68.2 cm³/mol. The number of ether oxygens (including phenoxy) is 1. The molecule has 95 valence electrons. The molecule has 0 spiro atoms. The Morgan fingerprint density at radius 1 is 1.24 bits per heavy atom. The molecule has 0 amide bonds. The fourth-order valence-corrected chi connectivity index (χ4v) is 4.14. The number of esters is 1. The second-order valence-electron chi connectivity index (χ2n) is 5.59. The molecule has 17 heavy (non-hydrogen) atoms. The van der Waals surface area contributed by atoms with Crippen LogP contribution in [0.15, 0.2) is 12.2 Å². The zero-order valence-electron chi connectivity index (χ0n) is 10.9. The maximum Gasteiger partial charge on any atom is 0.333 e. The molecule has 5 unspecified atom stereocenters. The number of carbonyl (C=O) groups excluding carboxylic acids is 1. The summed E-state index contributed by atoms with van der Waals surface area (Å²) in [5.74, 6) is 2.63. The van der Waals surface area contributed by atoms with Gasteiger partial charge in [-0.3, -0.25) is 0 Å². The molecule has 0 aromatic heterocycles. The van der Waals surface area contributed by atoms with E-state index < -0.39 is 0 Å². The van der Waals surface area contributed by atoms with Crippen LogP contribution in [-0.2, 0) is 9.53 Å². The molecule has 0 aromatic carbocycles. The average Bonchev–Trinajstić information content (AvgIpc) is 2.84. The number of hydrogen-bond donors (Lipinski definition) is 0. The van der Waals surface area contributed by atoms with Crippen LogP contribution >= 0.6 is 0 Å². The highest BCUT2D eigenvalue weighted by Crippen LogP contribution is 2.55. The molecule has 2 fully saturated rings. The van der Waals surface area contributed by atoms with E-state index in [0.29, 0.717) is 5.92 Å². The van der Waals surface area contributed by atoms with Gasteiger partial charge in [0.15, 0.2) is 0 Å². The summed E-state index contributed by atoms with van der Waals surface area (Å²) >= 11 is 0. The molecule has 2 heteroatoms. The van der Waals surface area contributed by atoms with Gasteiger partial charge in [0, 0.05) is 5.57 Å². The Balaban J connectivity index is 2.01. The summed E-state index contributed by atoms with van der Waals surface area (Å²) in [7, 11) is 0. The lowest BCUT2D eigenvalue weighted by atomic mass is 9.75. The van der Waals surface area contributed by atoms with E-state index in [4.69, 9.17) is 4.74 Å². The summed E-state index contributed by atoms with van der Waals surface area (Å²) in [5, 5.41) is 0. The van der Waals surface area contributed by atoms with Crippen LogP contribution in [0.25, 0.3) is 0 Å². The maximum absolute atomic E-state index is 11.5. The molecule has 2 aliphatic carbocycles. The zero-order chi connectivity index (χ0) is 12.6. The van der Waals surface area contributed by atoms with Crippen LogP contribution in [0.1, 0.15) is 39.5 Å². The van der Waals surface area contributed by atoms with Gasteiger partial charge in [-0.15, -0.1) is 0 Å². The second-order valence-corrected chi connectivity index (χ2v) is 5.59. The summed E-state index contributed by atoms with van der Waals surface area (Å²) < 4.78 is 5.53. The van der Waals surface area contributed by atoms with E-state index in [1.54, 1.807) is 0 Å². The molecule has 2 nitrogen and oxygen atoms in total. The molecule has 2 rings (SSSR count). The molecule has 0 aromatic rings. The van der Waals surface area contributed by atoms with E-state index in [1.807, 2.05) is 0 Å². The van der Waals surface area contributed by atoms with Crippen LogP contribution in [0.5, 0.6) is 0 Å². The third-order valence-corrected chi connectivity index (χ3v) is 4.78. The lowest BCUT2D eigenvalue weighted by molar-refractivity contribution is -0.148. The molecular formula is C15H23O2. The third-order valence-electron chi connectivity index (χ3n) is 4.78. The smallest absolute Gasteiger partial charge is 0.333 e. The normalized spacial score (nSPS) is 39.4. The van der Waals surface area contributed by atoms with Gasteiger partial charge in [-0.25, -0.2) is 4.79 Å². The molecule has 0 N–H and O–H groups in total. The van der Waals surface area contributed by atoms with E-state index in [1.165, 1.54) is 19.3 Å². The fourth-order valence-electron chi connectivity index (χ4n) is 4.14. The van der Waals surface area contributed by atoms with Crippen molar-refractivity contribution in [1.29, 1.82) is 0 Å². The van der Waals surface area contributed by atoms with Gasteiger partial charge < -0.3 is 4.74 Å². The van der Waals surface area contributed by atoms with Crippen molar-refractivity contribution in [3.8, 4) is 0 Å². The number of fused-ring (bicyclic) bond motifs is 2. The van der Waals surface area contributed by atoms with Gasteiger partial charge in [0.05, 0.1) is 0 Å². The van der Waals surface area contributed by atoms with E-state index in [2.05, 4.69) is 27.4 Å². The Morgan fingerprint density at radius 2 is 1.88 bits per heavy atom. The molecule has 5 atom stereocenters. The first kappa shape index (κ1) is 12.7. The molecular weight excluding hydrogens is 212 g/mol. The average molecular weight is 235 g/mol. The summed E-state index contributed by atoms with van der Waals surface area (Å²) in [6.07, 6.45) is 4.90. The monoisotopic (exact) mass is 235 g/mol. The molecule has 2 saturated carbocycles. The standard InChI is InChI=1S/C15H23O2/c1-5-11-10-7-13(12(11)6-2)14(8-10)17-15(16)9(3)4/h10-14H,3-8H2,1-2H3. The first-order valence-corrected chi connectivity index (χ1v) is 6.80. The van der Waals surface area contributed by atoms with Gasteiger partial charge in [-0.1, -0.05) is 33.3 Å². The van der Waals surface area contributed by atoms with Crippen molar-refractivity contribution < 1.29 is 9.53 Å². The van der Waals surface area contributed by atoms with Gasteiger partial charge in [0.1, 0.15) is 6.10 Å². The molecule has 2 bridgehead atoms. The molecule has 2 aliphatic rings. The van der Waals surface area contributed by atoms with E-state index in [9.17, 15) is 4.79 Å². The quantitative estimate of drug-likeness (QED) is 0.551. The summed E-state index contributed by atoms with van der Waals surface area (Å²) in [6, 6.07) is 0. The first-order valence-electron chi connectivity index (χ1n) is 6.80. The van der Waals surface area contributed by atoms with Crippen molar-refractivity contribution in [3.05, 3.63) is 19.1 Å². The van der Waals surface area contributed by atoms with E-state index in [-0.39, 0.29) is 17.6 Å². The lowest BCUT2D eigenvalue weighted by Crippen LogP contribution is -2.34. The minimum absolute atomic E-state index is 0.124. The summed E-state index contributed by atoms with van der Waals surface area (Å²) in [6.45, 7) is 11.6. The second kappa shape index (κ2) is 4.83. The van der Waals surface area contributed by atoms with Crippen LogP contribution in [0, 0.1) is 30.6 Å². The van der Waals surface area contributed by atoms with Crippen LogP contribution in [0.4, 0.5) is 0 Å². The Hall–Kier alpha value is -0.790. The van der Waals surface area contributed by atoms with Crippen molar-refractivity contribution >= 4 is 5.97 Å². The molecule has 0 saturated heterocycles. The fraction of sp³-hybridized carbons (Fsp3) is 0.733. The lowest BCUT2D eigenvalue weighted by Gasteiger charge is -2.34. The predicted octanol–water partition coefficient (Wildman–Crippen LogP) is 3.38. The maximum atomic E-state index is 11.5. The Morgan fingerprint density at radius 3 is 2.41 bits per heavy atom. The molecule has 0 heterocycles. The summed E-state index contributed by atoms with van der Waals surface area (Å²) in [4.78, 5) is 11.5. The Labute approximate surface area is 104 Å². The molecule has 0 aliphatic heterocycles. The van der Waals surface area contributed by atoms with Crippen molar-refractivity contribution in [3.63, 3.8) is 0 Å². The number of carbonyl (C=O) groups is 1. The van der Waals surface area contributed by atoms with Gasteiger partial charge in [-0.05, 0) is 43.4 Å². The van der Waals surface area contributed by atoms with Crippen molar-refractivity contribution in [2.75, 3.05) is 0 Å². The van der Waals surface area contributed by atoms with Crippen LogP contribution in [0.2, 0.25) is 0 Å². The zero-order valence-corrected chi connectivity index (χ0v) is 10.9. The van der Waals surface area contributed by atoms with Gasteiger partial charge in [0.2, 0.25) is 0 Å². The first-order chi connectivity index (χ1) is 8.08. The SMILES string of the molecule is [CH2]C(=C)C(=O)OC1CC2CC1C(CC)C2CC. The highest BCUT2D eigenvalue weighted by atomic mass is 16.5. The van der Waals surface area contributed by atoms with E-state index >= 15 is 0 Å². The van der Waals surface area contributed by atoms with Gasteiger partial charge in [0.25, 0.3) is 0 Å². The van der Waals surface area contributed by atoms with Gasteiger partial charge >= 0.3 is 5.97 Å². The van der Waals surface area contributed by atoms with E-state index in [0.717, 1.165) is 24.2 Å². The topological polar surface area (TPSA) is 26.3 Å². The Kier molecular flexibility index (Phi) is 3.60. The van der Waals surface area contributed by atoms with Crippen LogP contribution in [0.3, 0.4) is 0 Å². The highest BCUT2D eigenvalue weighted by Gasteiger charge is 2.52. The van der Waals surface area contributed by atoms with Gasteiger partial charge in [-0.2, -0.15) is 0 Å². The largest absolute Gasteiger partial charge is 0.459 e. The summed E-state index contributed by atoms with van der Waals surface area (Å²) in [5.41, 5.74) is 0.271. The minimum Gasteiger partial charge on any atom is -0.459 e.